The highest BCUT2D eigenvalue weighted by Crippen LogP contribution is 2.25. The second kappa shape index (κ2) is 10.1. The fourth-order valence-electron chi connectivity index (χ4n) is 3.00. The van der Waals surface area contributed by atoms with E-state index in [1.807, 2.05) is 37.2 Å². The van der Waals surface area contributed by atoms with Gasteiger partial charge in [-0.25, -0.2) is 4.79 Å². The first-order valence-electron chi connectivity index (χ1n) is 9.67. The number of anilines is 3. The van der Waals surface area contributed by atoms with E-state index in [2.05, 4.69) is 20.9 Å². The van der Waals surface area contributed by atoms with Gasteiger partial charge in [-0.3, -0.25) is 9.78 Å². The predicted molar refractivity (Wildman–Crippen MR) is 122 cm³/mol. The molecule has 0 aliphatic heterocycles. The molecule has 8 nitrogen and oxygen atoms in total. The van der Waals surface area contributed by atoms with Crippen LogP contribution in [0.1, 0.15) is 15.9 Å². The Balaban J connectivity index is 1.74. The van der Waals surface area contributed by atoms with Crippen LogP contribution in [-0.2, 0) is 6.54 Å². The van der Waals surface area contributed by atoms with Crippen LogP contribution < -0.4 is 25.6 Å². The first kappa shape index (κ1) is 21.6. The summed E-state index contributed by atoms with van der Waals surface area (Å²) in [4.78, 5) is 31.2. The second-order valence-electron chi connectivity index (χ2n) is 6.95. The van der Waals surface area contributed by atoms with Crippen LogP contribution in [0, 0.1) is 0 Å². The molecule has 3 rings (SSSR count). The number of benzene rings is 2. The highest BCUT2D eigenvalue weighted by molar-refractivity contribution is 6.04. The van der Waals surface area contributed by atoms with Crippen molar-refractivity contribution in [1.82, 2.24) is 10.3 Å². The maximum Gasteiger partial charge on any atom is 0.323 e. The lowest BCUT2D eigenvalue weighted by Gasteiger charge is -2.19. The number of hydrogen-bond acceptors (Lipinski definition) is 5. The maximum absolute atomic E-state index is 12.9. The number of pyridine rings is 1. The van der Waals surface area contributed by atoms with Crippen LogP contribution in [0.25, 0.3) is 0 Å². The molecule has 0 bridgehead atoms. The lowest BCUT2D eigenvalue weighted by molar-refractivity contribution is 0.0951. The molecule has 31 heavy (non-hydrogen) atoms. The van der Waals surface area contributed by atoms with Crippen LogP contribution in [-0.4, -0.2) is 38.1 Å². The smallest absolute Gasteiger partial charge is 0.323 e. The number of ether oxygens (including phenoxy) is 1. The highest BCUT2D eigenvalue weighted by atomic mass is 16.5. The van der Waals surface area contributed by atoms with E-state index < -0.39 is 6.03 Å². The molecule has 3 aromatic rings. The standard InChI is InChI=1S/C23H25N5O3/c1-28(2)20-11-10-17(26-23(30)27-19-8-4-5-9-21(19)31-3)13-18(20)22(29)25-15-16-7-6-12-24-14-16/h4-14H,15H2,1-3H3,(H,25,29)(H2,26,27,30). The van der Waals surface area contributed by atoms with Crippen LogP contribution in [0.4, 0.5) is 21.9 Å². The summed E-state index contributed by atoms with van der Waals surface area (Å²) in [6.45, 7) is 0.353. The Bertz CT molecular complexity index is 1050. The third-order valence-corrected chi connectivity index (χ3v) is 4.51. The van der Waals surface area contributed by atoms with Crippen molar-refractivity contribution in [1.29, 1.82) is 0 Å². The molecular formula is C23H25N5O3. The van der Waals surface area contributed by atoms with Crippen molar-refractivity contribution in [2.45, 2.75) is 6.54 Å². The Kier molecular flexibility index (Phi) is 7.05. The summed E-state index contributed by atoms with van der Waals surface area (Å²) >= 11 is 0. The summed E-state index contributed by atoms with van der Waals surface area (Å²) in [7, 11) is 5.25. The summed E-state index contributed by atoms with van der Waals surface area (Å²) in [5.41, 5.74) is 3.11. The van der Waals surface area contributed by atoms with Crippen LogP contribution in [0.3, 0.4) is 0 Å². The minimum atomic E-state index is -0.441. The van der Waals surface area contributed by atoms with Gasteiger partial charge in [-0.05, 0) is 42.0 Å². The number of amides is 3. The molecule has 0 aliphatic rings. The number of nitrogens with one attached hydrogen (secondary N) is 3. The normalized spacial score (nSPS) is 10.2. The number of rotatable bonds is 7. The zero-order valence-corrected chi connectivity index (χ0v) is 17.7. The molecule has 1 aromatic heterocycles. The Hall–Kier alpha value is -4.07. The molecule has 0 fully saturated rings. The molecular weight excluding hydrogens is 394 g/mol. The van der Waals surface area contributed by atoms with E-state index in [0.717, 1.165) is 11.3 Å². The number of hydrogen-bond donors (Lipinski definition) is 3. The lowest BCUT2D eigenvalue weighted by Crippen LogP contribution is -2.26. The number of aromatic nitrogens is 1. The zero-order chi connectivity index (χ0) is 22.2. The SMILES string of the molecule is COc1ccccc1NC(=O)Nc1ccc(N(C)C)c(C(=O)NCc2cccnc2)c1. The van der Waals surface area contributed by atoms with Crippen molar-refractivity contribution in [3.63, 3.8) is 0 Å². The van der Waals surface area contributed by atoms with Crippen LogP contribution in [0.5, 0.6) is 5.75 Å². The Labute approximate surface area is 181 Å². The van der Waals surface area contributed by atoms with Crippen molar-refractivity contribution in [3.05, 3.63) is 78.1 Å². The average molecular weight is 419 g/mol. The fraction of sp³-hybridized carbons (Fsp3) is 0.174. The van der Waals surface area contributed by atoms with Crippen molar-refractivity contribution in [3.8, 4) is 5.75 Å². The Morgan fingerprint density at radius 1 is 1.03 bits per heavy atom. The van der Waals surface area contributed by atoms with Gasteiger partial charge in [-0.1, -0.05) is 18.2 Å². The summed E-state index contributed by atoms with van der Waals surface area (Å²) in [5, 5.41) is 8.41. The van der Waals surface area contributed by atoms with Crippen molar-refractivity contribution in [2.75, 3.05) is 36.7 Å². The molecule has 0 atom stereocenters. The Morgan fingerprint density at radius 3 is 2.55 bits per heavy atom. The molecule has 0 spiro atoms. The number of methoxy groups -OCH3 is 1. The van der Waals surface area contributed by atoms with Crippen LogP contribution >= 0.6 is 0 Å². The first-order valence-corrected chi connectivity index (χ1v) is 9.67. The minimum absolute atomic E-state index is 0.249. The molecule has 3 N–H and O–H groups in total. The number of urea groups is 1. The third kappa shape index (κ3) is 5.72. The number of para-hydroxylation sites is 2. The summed E-state index contributed by atoms with van der Waals surface area (Å²) < 4.78 is 5.25. The monoisotopic (exact) mass is 419 g/mol. The average Bonchev–Trinajstić information content (AvgIpc) is 2.78. The van der Waals surface area contributed by atoms with Crippen molar-refractivity contribution < 1.29 is 14.3 Å². The van der Waals surface area contributed by atoms with E-state index in [1.165, 1.54) is 7.11 Å². The van der Waals surface area contributed by atoms with Gasteiger partial charge in [-0.15, -0.1) is 0 Å². The van der Waals surface area contributed by atoms with Crippen molar-refractivity contribution >= 4 is 29.0 Å². The van der Waals surface area contributed by atoms with Crippen molar-refractivity contribution in [2.24, 2.45) is 0 Å². The van der Waals surface area contributed by atoms with E-state index >= 15 is 0 Å². The van der Waals surface area contributed by atoms with Gasteiger partial charge in [0.05, 0.1) is 18.4 Å². The molecule has 8 heteroatoms. The van der Waals surface area contributed by atoms with E-state index in [-0.39, 0.29) is 5.91 Å². The minimum Gasteiger partial charge on any atom is -0.495 e. The van der Waals surface area contributed by atoms with Gasteiger partial charge in [-0.2, -0.15) is 0 Å². The topological polar surface area (TPSA) is 95.6 Å². The van der Waals surface area contributed by atoms with Gasteiger partial charge in [0.1, 0.15) is 5.75 Å². The number of carbonyl (C=O) groups is 2. The molecule has 1 heterocycles. The summed E-state index contributed by atoms with van der Waals surface area (Å²) in [5.74, 6) is 0.303. The molecule has 3 amide bonds. The van der Waals surface area contributed by atoms with Gasteiger partial charge in [0.25, 0.3) is 5.91 Å². The predicted octanol–water partition coefficient (Wildman–Crippen LogP) is 3.73. The Morgan fingerprint density at radius 2 is 1.84 bits per heavy atom. The number of carbonyl (C=O) groups excluding carboxylic acids is 2. The van der Waals surface area contributed by atoms with E-state index in [9.17, 15) is 9.59 Å². The molecule has 0 saturated carbocycles. The highest BCUT2D eigenvalue weighted by Gasteiger charge is 2.15. The summed E-state index contributed by atoms with van der Waals surface area (Å²) in [6.07, 6.45) is 3.38. The van der Waals surface area contributed by atoms with Crippen LogP contribution in [0.15, 0.2) is 67.0 Å². The molecule has 0 radical (unpaired) electrons. The number of nitrogens with zero attached hydrogens (tertiary/aromatic N) is 2. The van der Waals surface area contributed by atoms with Gasteiger partial charge in [0.2, 0.25) is 0 Å². The van der Waals surface area contributed by atoms with Gasteiger partial charge in [0.15, 0.2) is 0 Å². The van der Waals surface area contributed by atoms with Gasteiger partial charge < -0.3 is 25.6 Å². The fourth-order valence-corrected chi connectivity index (χ4v) is 3.00. The maximum atomic E-state index is 12.9. The van der Waals surface area contributed by atoms with Gasteiger partial charge >= 0.3 is 6.03 Å². The molecule has 2 aromatic carbocycles. The summed E-state index contributed by atoms with van der Waals surface area (Å²) in [6, 6.07) is 15.6. The van der Waals surface area contributed by atoms with E-state index in [1.54, 1.807) is 48.8 Å². The zero-order valence-electron chi connectivity index (χ0n) is 17.7. The first-order chi connectivity index (χ1) is 15.0. The lowest BCUT2D eigenvalue weighted by atomic mass is 10.1. The van der Waals surface area contributed by atoms with Crippen LogP contribution in [0.2, 0.25) is 0 Å². The molecule has 0 saturated heterocycles. The molecule has 0 unspecified atom stereocenters. The third-order valence-electron chi connectivity index (χ3n) is 4.51. The van der Waals surface area contributed by atoms with E-state index in [4.69, 9.17) is 4.74 Å². The molecule has 160 valence electrons. The molecule has 0 aliphatic carbocycles. The van der Waals surface area contributed by atoms with E-state index in [0.29, 0.717) is 29.2 Å². The second-order valence-corrected chi connectivity index (χ2v) is 6.95. The quantitative estimate of drug-likeness (QED) is 0.542. The van der Waals surface area contributed by atoms with Gasteiger partial charge in [0, 0.05) is 44.4 Å². The largest absolute Gasteiger partial charge is 0.495 e.